The first kappa shape index (κ1) is 16.2. The van der Waals surface area contributed by atoms with Crippen molar-refractivity contribution in [3.05, 3.63) is 29.8 Å². The van der Waals surface area contributed by atoms with Gasteiger partial charge in [-0.15, -0.1) is 13.2 Å². The second kappa shape index (κ2) is 7.65. The van der Waals surface area contributed by atoms with Crippen LogP contribution in [0.4, 0.5) is 13.2 Å². The van der Waals surface area contributed by atoms with Gasteiger partial charge in [0.25, 0.3) is 0 Å². The maximum absolute atomic E-state index is 12.0. The SMILES string of the molecule is CSC(C)CCNCc1ccc(OC(F)(F)F)cc1. The third-order valence-electron chi connectivity index (χ3n) is 2.62. The molecule has 0 fully saturated rings. The number of nitrogens with one attached hydrogen (secondary N) is 1. The van der Waals surface area contributed by atoms with E-state index >= 15 is 0 Å². The number of benzene rings is 1. The third-order valence-corrected chi connectivity index (χ3v) is 3.66. The number of ether oxygens (including phenoxy) is 1. The molecule has 0 bridgehead atoms. The molecule has 1 aromatic carbocycles. The maximum Gasteiger partial charge on any atom is 0.573 e. The molecule has 0 aliphatic rings. The molecule has 1 N–H and O–H groups in total. The van der Waals surface area contributed by atoms with Gasteiger partial charge >= 0.3 is 6.36 Å². The summed E-state index contributed by atoms with van der Waals surface area (Å²) in [7, 11) is 0. The van der Waals surface area contributed by atoms with Crippen molar-refractivity contribution < 1.29 is 17.9 Å². The van der Waals surface area contributed by atoms with Crippen LogP contribution in [0, 0.1) is 0 Å². The van der Waals surface area contributed by atoms with Gasteiger partial charge in [0.15, 0.2) is 0 Å². The molecule has 108 valence electrons. The highest BCUT2D eigenvalue weighted by molar-refractivity contribution is 7.99. The van der Waals surface area contributed by atoms with E-state index in [1.165, 1.54) is 12.1 Å². The van der Waals surface area contributed by atoms with E-state index < -0.39 is 6.36 Å². The van der Waals surface area contributed by atoms with Crippen molar-refractivity contribution in [2.75, 3.05) is 12.8 Å². The smallest absolute Gasteiger partial charge is 0.406 e. The summed E-state index contributed by atoms with van der Waals surface area (Å²) in [4.78, 5) is 0. The summed E-state index contributed by atoms with van der Waals surface area (Å²) in [5.74, 6) is -0.188. The summed E-state index contributed by atoms with van der Waals surface area (Å²) in [6, 6.07) is 5.92. The minimum Gasteiger partial charge on any atom is -0.406 e. The molecular weight excluding hydrogens is 275 g/mol. The second-order valence-corrected chi connectivity index (χ2v) is 5.48. The highest BCUT2D eigenvalue weighted by Gasteiger charge is 2.30. The highest BCUT2D eigenvalue weighted by Crippen LogP contribution is 2.22. The molecule has 0 amide bonds. The van der Waals surface area contributed by atoms with Crippen molar-refractivity contribution >= 4 is 11.8 Å². The summed E-state index contributed by atoms with van der Waals surface area (Å²) in [5.41, 5.74) is 0.936. The molecule has 0 radical (unpaired) electrons. The molecule has 0 spiro atoms. The topological polar surface area (TPSA) is 21.3 Å². The molecule has 0 aromatic heterocycles. The predicted octanol–water partition coefficient (Wildman–Crippen LogP) is 3.82. The van der Waals surface area contributed by atoms with Crippen LogP contribution in [0.3, 0.4) is 0 Å². The molecule has 0 aliphatic heterocycles. The Morgan fingerprint density at radius 1 is 1.26 bits per heavy atom. The van der Waals surface area contributed by atoms with Gasteiger partial charge in [-0.05, 0) is 36.9 Å². The van der Waals surface area contributed by atoms with Gasteiger partial charge in [0.1, 0.15) is 5.75 Å². The van der Waals surface area contributed by atoms with E-state index in [2.05, 4.69) is 23.2 Å². The Bertz CT molecular complexity index is 367. The van der Waals surface area contributed by atoms with Crippen LogP contribution in [0.1, 0.15) is 18.9 Å². The number of hydrogen-bond donors (Lipinski definition) is 1. The van der Waals surface area contributed by atoms with Gasteiger partial charge < -0.3 is 10.1 Å². The lowest BCUT2D eigenvalue weighted by Gasteiger charge is -2.11. The Morgan fingerprint density at radius 2 is 1.89 bits per heavy atom. The number of hydrogen-bond acceptors (Lipinski definition) is 3. The van der Waals surface area contributed by atoms with Crippen LogP contribution in [-0.4, -0.2) is 24.4 Å². The molecule has 2 nitrogen and oxygen atoms in total. The number of halogens is 3. The van der Waals surface area contributed by atoms with Crippen molar-refractivity contribution in [3.63, 3.8) is 0 Å². The van der Waals surface area contributed by atoms with Crippen molar-refractivity contribution in [2.45, 2.75) is 31.5 Å². The quantitative estimate of drug-likeness (QED) is 0.772. The van der Waals surface area contributed by atoms with Crippen LogP contribution in [0.15, 0.2) is 24.3 Å². The van der Waals surface area contributed by atoms with Crippen LogP contribution < -0.4 is 10.1 Å². The zero-order valence-corrected chi connectivity index (χ0v) is 11.8. The van der Waals surface area contributed by atoms with Crippen molar-refractivity contribution in [3.8, 4) is 5.75 Å². The highest BCUT2D eigenvalue weighted by atomic mass is 32.2. The monoisotopic (exact) mass is 293 g/mol. The van der Waals surface area contributed by atoms with Crippen LogP contribution in [-0.2, 0) is 6.54 Å². The fraction of sp³-hybridized carbons (Fsp3) is 0.538. The maximum atomic E-state index is 12.0. The molecule has 6 heteroatoms. The van der Waals surface area contributed by atoms with Crippen LogP contribution in [0.25, 0.3) is 0 Å². The van der Waals surface area contributed by atoms with E-state index in [9.17, 15) is 13.2 Å². The van der Waals surface area contributed by atoms with Gasteiger partial charge in [-0.1, -0.05) is 19.1 Å². The normalized spacial score (nSPS) is 13.3. The van der Waals surface area contributed by atoms with E-state index in [0.29, 0.717) is 11.8 Å². The van der Waals surface area contributed by atoms with Crippen molar-refractivity contribution in [2.24, 2.45) is 0 Å². The summed E-state index contributed by atoms with van der Waals surface area (Å²) < 4.78 is 39.7. The van der Waals surface area contributed by atoms with Gasteiger partial charge in [-0.2, -0.15) is 11.8 Å². The molecule has 0 saturated carbocycles. The lowest BCUT2D eigenvalue weighted by atomic mass is 10.2. The van der Waals surface area contributed by atoms with Crippen LogP contribution in [0.2, 0.25) is 0 Å². The van der Waals surface area contributed by atoms with E-state index in [4.69, 9.17) is 0 Å². The lowest BCUT2D eigenvalue weighted by molar-refractivity contribution is -0.274. The fourth-order valence-corrected chi connectivity index (χ4v) is 1.82. The summed E-state index contributed by atoms with van der Waals surface area (Å²) in [6.45, 7) is 3.70. The Balaban J connectivity index is 2.32. The average molecular weight is 293 g/mol. The molecular formula is C13H18F3NOS. The van der Waals surface area contributed by atoms with Crippen LogP contribution >= 0.6 is 11.8 Å². The molecule has 1 aromatic rings. The number of thioether (sulfide) groups is 1. The molecule has 1 atom stereocenters. The van der Waals surface area contributed by atoms with Gasteiger partial charge in [0.05, 0.1) is 0 Å². The summed E-state index contributed by atoms with van der Waals surface area (Å²) in [6.07, 6.45) is -1.49. The minimum absolute atomic E-state index is 0.188. The van der Waals surface area contributed by atoms with Gasteiger partial charge in [0.2, 0.25) is 0 Å². The largest absolute Gasteiger partial charge is 0.573 e. The molecule has 0 saturated heterocycles. The molecule has 0 aliphatic carbocycles. The zero-order valence-electron chi connectivity index (χ0n) is 11.0. The Kier molecular flexibility index (Phi) is 6.51. The predicted molar refractivity (Wildman–Crippen MR) is 72.4 cm³/mol. The number of alkyl halides is 3. The Morgan fingerprint density at radius 3 is 2.42 bits per heavy atom. The first-order chi connectivity index (χ1) is 8.90. The van der Waals surface area contributed by atoms with Crippen LogP contribution in [0.5, 0.6) is 5.75 Å². The van der Waals surface area contributed by atoms with Crippen molar-refractivity contribution in [1.29, 1.82) is 0 Å². The van der Waals surface area contributed by atoms with Gasteiger partial charge in [-0.3, -0.25) is 0 Å². The van der Waals surface area contributed by atoms with Gasteiger partial charge in [0, 0.05) is 11.8 Å². The fourth-order valence-electron chi connectivity index (χ4n) is 1.46. The first-order valence-corrected chi connectivity index (χ1v) is 7.27. The molecule has 0 heterocycles. The minimum atomic E-state index is -4.63. The molecule has 1 unspecified atom stereocenters. The molecule has 19 heavy (non-hydrogen) atoms. The number of rotatable bonds is 7. The van der Waals surface area contributed by atoms with E-state index in [1.54, 1.807) is 12.1 Å². The zero-order chi connectivity index (χ0) is 14.3. The standard InChI is InChI=1S/C13H18F3NOS/c1-10(19-2)7-8-17-9-11-3-5-12(6-4-11)18-13(14,15)16/h3-6,10,17H,7-9H2,1-2H3. The van der Waals surface area contributed by atoms with E-state index in [1.807, 2.05) is 11.8 Å². The lowest BCUT2D eigenvalue weighted by Crippen LogP contribution is -2.18. The average Bonchev–Trinajstić information content (AvgIpc) is 2.34. The Hall–Kier alpha value is -0.880. The van der Waals surface area contributed by atoms with Crippen molar-refractivity contribution in [1.82, 2.24) is 5.32 Å². The van der Waals surface area contributed by atoms with E-state index in [0.717, 1.165) is 18.5 Å². The summed E-state index contributed by atoms with van der Waals surface area (Å²) in [5, 5.41) is 3.86. The molecule has 1 rings (SSSR count). The van der Waals surface area contributed by atoms with Gasteiger partial charge in [-0.25, -0.2) is 0 Å². The second-order valence-electron chi connectivity index (χ2n) is 4.20. The Labute approximate surface area is 115 Å². The first-order valence-electron chi connectivity index (χ1n) is 5.99. The van der Waals surface area contributed by atoms with E-state index in [-0.39, 0.29) is 5.75 Å². The summed E-state index contributed by atoms with van der Waals surface area (Å²) >= 11 is 1.82. The third kappa shape index (κ3) is 7.32.